The first kappa shape index (κ1) is 18.5. The van der Waals surface area contributed by atoms with E-state index in [1.807, 2.05) is 0 Å². The van der Waals surface area contributed by atoms with Gasteiger partial charge in [0.25, 0.3) is 0 Å². The summed E-state index contributed by atoms with van der Waals surface area (Å²) < 4.78 is 37.8. The molecule has 1 aliphatic heterocycles. The van der Waals surface area contributed by atoms with E-state index in [9.17, 15) is 13.2 Å². The smallest absolute Gasteiger partial charge is 0.240 e. The summed E-state index contributed by atoms with van der Waals surface area (Å²) in [4.78, 5) is 12.0. The van der Waals surface area contributed by atoms with E-state index in [0.717, 1.165) is 0 Å². The van der Waals surface area contributed by atoms with Crippen LogP contribution in [0.1, 0.15) is 6.42 Å². The largest absolute Gasteiger partial charge is 0.486 e. The number of nitrogens with one attached hydrogen (secondary N) is 2. The first-order chi connectivity index (χ1) is 12.4. The number of benzene rings is 2. The summed E-state index contributed by atoms with van der Waals surface area (Å²) in [6.07, 6.45) is -0.0176. The van der Waals surface area contributed by atoms with E-state index < -0.39 is 10.0 Å². The van der Waals surface area contributed by atoms with Crippen LogP contribution in [0.25, 0.3) is 0 Å². The number of carbonyl (C=O) groups is 1. The summed E-state index contributed by atoms with van der Waals surface area (Å²) in [5.41, 5.74) is 0.553. The molecule has 0 radical (unpaired) electrons. The highest BCUT2D eigenvalue weighted by Gasteiger charge is 2.19. The zero-order valence-corrected chi connectivity index (χ0v) is 15.3. The third kappa shape index (κ3) is 4.66. The van der Waals surface area contributed by atoms with Crippen LogP contribution >= 0.6 is 11.6 Å². The summed E-state index contributed by atoms with van der Waals surface area (Å²) in [6.45, 7) is 0.760. The Balaban J connectivity index is 1.56. The Labute approximate surface area is 156 Å². The summed E-state index contributed by atoms with van der Waals surface area (Å²) in [5.74, 6) is 0.575. The lowest BCUT2D eigenvalue weighted by Gasteiger charge is -2.18. The molecule has 26 heavy (non-hydrogen) atoms. The number of halogens is 1. The number of anilines is 1. The van der Waals surface area contributed by atoms with Crippen LogP contribution in [0.5, 0.6) is 11.5 Å². The molecule has 1 amide bonds. The average molecular weight is 397 g/mol. The van der Waals surface area contributed by atoms with Gasteiger partial charge in [0.15, 0.2) is 11.5 Å². The van der Waals surface area contributed by atoms with Crippen molar-refractivity contribution < 1.29 is 22.7 Å². The molecule has 0 saturated heterocycles. The Bertz CT molecular complexity index is 917. The molecule has 2 aromatic carbocycles. The molecule has 3 rings (SSSR count). The van der Waals surface area contributed by atoms with Crippen molar-refractivity contribution in [2.45, 2.75) is 11.3 Å². The van der Waals surface area contributed by atoms with E-state index in [4.69, 9.17) is 21.1 Å². The molecular formula is C17H17ClN2O5S. The van der Waals surface area contributed by atoms with E-state index in [2.05, 4.69) is 10.0 Å². The van der Waals surface area contributed by atoms with Crippen molar-refractivity contribution in [2.75, 3.05) is 25.1 Å². The minimum atomic E-state index is -3.76. The molecule has 138 valence electrons. The minimum absolute atomic E-state index is 0.0176. The van der Waals surface area contributed by atoms with Gasteiger partial charge in [0.1, 0.15) is 13.2 Å². The van der Waals surface area contributed by atoms with Gasteiger partial charge in [-0.3, -0.25) is 4.79 Å². The van der Waals surface area contributed by atoms with Gasteiger partial charge in [0, 0.05) is 29.7 Å². The number of ether oxygens (including phenoxy) is 2. The van der Waals surface area contributed by atoms with Crippen LogP contribution in [0.2, 0.25) is 5.02 Å². The molecule has 2 N–H and O–H groups in total. The van der Waals surface area contributed by atoms with Gasteiger partial charge in [-0.25, -0.2) is 13.1 Å². The highest BCUT2D eigenvalue weighted by molar-refractivity contribution is 7.89. The predicted octanol–water partition coefficient (Wildman–Crippen LogP) is 2.42. The molecule has 0 spiro atoms. The highest BCUT2D eigenvalue weighted by atomic mass is 35.5. The Kier molecular flexibility index (Phi) is 5.65. The second-order valence-corrected chi connectivity index (χ2v) is 7.72. The number of amides is 1. The van der Waals surface area contributed by atoms with E-state index in [1.54, 1.807) is 30.3 Å². The molecule has 0 unspecified atom stereocenters. The summed E-state index contributed by atoms with van der Waals surface area (Å²) >= 11 is 5.85. The first-order valence-corrected chi connectivity index (χ1v) is 9.75. The van der Waals surface area contributed by atoms with Gasteiger partial charge >= 0.3 is 0 Å². The van der Waals surface area contributed by atoms with Crippen LogP contribution in [-0.4, -0.2) is 34.1 Å². The molecule has 0 aromatic heterocycles. The van der Waals surface area contributed by atoms with Crippen LogP contribution in [0.4, 0.5) is 5.69 Å². The fraction of sp³-hybridized carbons (Fsp3) is 0.235. The lowest BCUT2D eigenvalue weighted by Crippen LogP contribution is -2.28. The molecule has 0 bridgehead atoms. The van der Waals surface area contributed by atoms with Crippen LogP contribution < -0.4 is 19.5 Å². The van der Waals surface area contributed by atoms with Gasteiger partial charge in [-0.15, -0.1) is 0 Å². The zero-order chi connectivity index (χ0) is 18.6. The minimum Gasteiger partial charge on any atom is -0.486 e. The van der Waals surface area contributed by atoms with Gasteiger partial charge in [-0.05, 0) is 30.3 Å². The number of rotatable bonds is 6. The van der Waals surface area contributed by atoms with Crippen LogP contribution in [0, 0.1) is 0 Å². The van der Waals surface area contributed by atoms with E-state index >= 15 is 0 Å². The average Bonchev–Trinajstić information content (AvgIpc) is 2.61. The Hall–Kier alpha value is -2.29. The van der Waals surface area contributed by atoms with Crippen molar-refractivity contribution >= 4 is 33.2 Å². The van der Waals surface area contributed by atoms with Crippen molar-refractivity contribution in [3.8, 4) is 11.5 Å². The number of fused-ring (bicyclic) bond motifs is 1. The van der Waals surface area contributed by atoms with Gasteiger partial charge < -0.3 is 14.8 Å². The maximum atomic E-state index is 12.3. The Morgan fingerprint density at radius 1 is 1.08 bits per heavy atom. The van der Waals surface area contributed by atoms with Crippen molar-refractivity contribution in [3.63, 3.8) is 0 Å². The van der Waals surface area contributed by atoms with Crippen molar-refractivity contribution in [2.24, 2.45) is 0 Å². The van der Waals surface area contributed by atoms with Crippen molar-refractivity contribution in [1.82, 2.24) is 4.72 Å². The fourth-order valence-electron chi connectivity index (χ4n) is 2.36. The van der Waals surface area contributed by atoms with Gasteiger partial charge in [-0.1, -0.05) is 17.7 Å². The van der Waals surface area contributed by atoms with Gasteiger partial charge in [0.2, 0.25) is 15.9 Å². The molecule has 7 nitrogen and oxygen atoms in total. The molecule has 0 saturated carbocycles. The number of sulfonamides is 1. The Morgan fingerprint density at radius 3 is 2.62 bits per heavy atom. The molecule has 9 heteroatoms. The quantitative estimate of drug-likeness (QED) is 0.782. The number of hydrogen-bond acceptors (Lipinski definition) is 5. The first-order valence-electron chi connectivity index (χ1n) is 7.89. The monoisotopic (exact) mass is 396 g/mol. The van der Waals surface area contributed by atoms with E-state index in [-0.39, 0.29) is 23.8 Å². The van der Waals surface area contributed by atoms with Crippen molar-refractivity contribution in [3.05, 3.63) is 47.5 Å². The molecule has 0 atom stereocenters. The van der Waals surface area contributed by atoms with Crippen LogP contribution in [0.3, 0.4) is 0 Å². The maximum Gasteiger partial charge on any atom is 0.240 e. The molecular weight excluding hydrogens is 380 g/mol. The lowest BCUT2D eigenvalue weighted by molar-refractivity contribution is -0.116. The third-order valence-corrected chi connectivity index (χ3v) is 5.27. The Morgan fingerprint density at radius 2 is 1.85 bits per heavy atom. The molecule has 2 aromatic rings. The summed E-state index contributed by atoms with van der Waals surface area (Å²) in [6, 6.07) is 11.1. The van der Waals surface area contributed by atoms with Crippen LogP contribution in [-0.2, 0) is 14.8 Å². The topological polar surface area (TPSA) is 93.7 Å². The predicted molar refractivity (Wildman–Crippen MR) is 97.3 cm³/mol. The molecule has 1 heterocycles. The normalized spacial score (nSPS) is 13.3. The standard InChI is InChI=1S/C17H17ClN2O5S/c18-12-2-1-3-13(10-12)20-17(21)6-7-19-26(22,23)14-4-5-15-16(11-14)25-9-8-24-15/h1-5,10-11,19H,6-9H2,(H,20,21). The zero-order valence-electron chi connectivity index (χ0n) is 13.7. The number of carbonyl (C=O) groups excluding carboxylic acids is 1. The second kappa shape index (κ2) is 7.94. The molecule has 0 aliphatic carbocycles. The third-order valence-electron chi connectivity index (χ3n) is 3.58. The van der Waals surface area contributed by atoms with Gasteiger partial charge in [-0.2, -0.15) is 0 Å². The fourth-order valence-corrected chi connectivity index (χ4v) is 3.60. The number of hydrogen-bond donors (Lipinski definition) is 2. The van der Waals surface area contributed by atoms with E-state index in [1.165, 1.54) is 12.1 Å². The van der Waals surface area contributed by atoms with Gasteiger partial charge in [0.05, 0.1) is 4.90 Å². The second-order valence-electron chi connectivity index (χ2n) is 5.51. The molecule has 0 fully saturated rings. The summed E-state index contributed by atoms with van der Waals surface area (Å²) in [5, 5.41) is 3.16. The SMILES string of the molecule is O=C(CCNS(=O)(=O)c1ccc2c(c1)OCCO2)Nc1cccc(Cl)c1. The summed E-state index contributed by atoms with van der Waals surface area (Å²) in [7, 11) is -3.76. The maximum absolute atomic E-state index is 12.3. The lowest BCUT2D eigenvalue weighted by atomic mass is 10.3. The van der Waals surface area contributed by atoms with Crippen LogP contribution in [0.15, 0.2) is 47.4 Å². The van der Waals surface area contributed by atoms with E-state index in [0.29, 0.717) is 35.4 Å². The highest BCUT2D eigenvalue weighted by Crippen LogP contribution is 2.32. The molecule has 1 aliphatic rings. The van der Waals surface area contributed by atoms with Crippen molar-refractivity contribution in [1.29, 1.82) is 0 Å².